The van der Waals surface area contributed by atoms with Gasteiger partial charge in [0, 0.05) is 0 Å². The number of quaternary nitrogens is 15. The Morgan fingerprint density at radius 3 is 0.200 bits per heavy atom. The van der Waals surface area contributed by atoms with E-state index in [1.54, 1.807) is 0 Å². The quantitative estimate of drug-likeness (QED) is 0.108. The lowest BCUT2D eigenvalue weighted by Gasteiger charge is -2.67. The highest BCUT2D eigenvalue weighted by Crippen LogP contribution is 1.26. The van der Waals surface area contributed by atoms with E-state index in [2.05, 4.69) is 0 Å². The Morgan fingerprint density at radius 1 is 0.200 bits per heavy atom. The molecule has 0 saturated carbocycles. The Kier molecular flexibility index (Phi) is 560. The molecule has 0 aliphatic rings. The zero-order valence-electron chi connectivity index (χ0n) is 26.1. The number of hydrogen-bond acceptors (Lipinski definition) is 19. The zero-order valence-corrected chi connectivity index (χ0v) is 27.1. The van der Waals surface area contributed by atoms with E-state index in [0.29, 0.717) is 0 Å². The first-order chi connectivity index (χ1) is 10.7. The van der Waals surface area contributed by atoms with Gasteiger partial charge in [0.25, 0.3) is 0 Å². The SMILES string of the molecule is [NH4+].[NH4+].[NH4+].[NH4+].[NH4+].[NH4+].[NH4+].[NH4+].[NH4+].[NH4+].[NH4+].[NH4+].[NH4+].[NH4+].[NH4+].[O-]B([O-])[O-].[O-]B([O-])[O-].[O-]B([O-])[O-].[O-]B([O-])[O-].[O-]B([O-])[O-].[O-][Si]([O-])([O-])[O-]. The third-order valence-corrected chi connectivity index (χ3v) is 0. The van der Waals surface area contributed by atoms with Crippen LogP contribution in [0.4, 0.5) is 0 Å². The van der Waals surface area contributed by atoms with Gasteiger partial charge in [-0.05, 0) is 0 Å². The summed E-state index contributed by atoms with van der Waals surface area (Å²) in [4.78, 5) is 34.3. The summed E-state index contributed by atoms with van der Waals surface area (Å²) < 4.78 is 0. The largest absolute Gasteiger partial charge is 0.907 e. The van der Waals surface area contributed by atoms with E-state index in [1.807, 2.05) is 0 Å². The Bertz CT molecular complexity index is 172. The van der Waals surface area contributed by atoms with Crippen molar-refractivity contribution in [3.05, 3.63) is 0 Å². The first-order valence-corrected chi connectivity index (χ1v) is 5.99. The van der Waals surface area contributed by atoms with Crippen LogP contribution < -0.4 is 187 Å². The van der Waals surface area contributed by atoms with Gasteiger partial charge >= 0.3 is 0 Å². The summed E-state index contributed by atoms with van der Waals surface area (Å²) in [7, 11) is -20.2. The lowest BCUT2D eigenvalue weighted by Crippen LogP contribution is -2.82. The summed E-state index contributed by atoms with van der Waals surface area (Å²) in [6, 6.07) is 0. The minimum Gasteiger partial charge on any atom is -0.907 e. The van der Waals surface area contributed by atoms with Gasteiger partial charge < -0.3 is 196 Å². The maximum Gasteiger partial charge on any atom is -0.278 e. The second-order valence-electron chi connectivity index (χ2n) is 1.94. The molecule has 34 nitrogen and oxygen atoms in total. The molecule has 0 aromatic carbocycles. The molecule has 0 saturated heterocycles. The predicted octanol–water partition coefficient (Wildman–Crippen LogP) is -19.2. The second kappa shape index (κ2) is 130. The highest BCUT2D eigenvalue weighted by molar-refractivity contribution is 6.38. The summed E-state index contributed by atoms with van der Waals surface area (Å²) in [6.45, 7) is 0. The Labute approximate surface area is 233 Å². The van der Waals surface area contributed by atoms with Crippen molar-refractivity contribution in [2.75, 3.05) is 0 Å². The minimum atomic E-state index is -5.61. The molecule has 40 heteroatoms. The van der Waals surface area contributed by atoms with Crippen LogP contribution in [-0.4, -0.2) is 45.7 Å². The fraction of sp³-hybridized carbons (Fsp3) is 0. The maximum absolute atomic E-state index is 8.58. The lowest BCUT2D eigenvalue weighted by molar-refractivity contribution is -0.624. The average molecular weight is 657 g/mol. The molecule has 0 heterocycles. The summed E-state index contributed by atoms with van der Waals surface area (Å²) in [6.07, 6.45) is 0. The van der Waals surface area contributed by atoms with Crippen molar-refractivity contribution in [1.29, 1.82) is 0 Å². The molecular weight excluding hydrogens is 596 g/mol. The fourth-order valence-electron chi connectivity index (χ4n) is 0. The Hall–Kier alpha value is -0.818. The third-order valence-electron chi connectivity index (χ3n) is 0. The first kappa shape index (κ1) is 173. The Balaban J connectivity index is -0.00000000531. The molecule has 0 bridgehead atoms. The second-order valence-corrected chi connectivity index (χ2v) is 2.94. The summed E-state index contributed by atoms with van der Waals surface area (Å²) >= 11 is 0. The molecule has 0 aromatic heterocycles. The predicted molar refractivity (Wildman–Crippen MR) is 124 cm³/mol. The molecular formula is H60B5N15O19Si-4. The van der Waals surface area contributed by atoms with Gasteiger partial charge in [0.1, 0.15) is 0 Å². The van der Waals surface area contributed by atoms with Crippen LogP contribution in [0.1, 0.15) is 0 Å². The van der Waals surface area contributed by atoms with Crippen molar-refractivity contribution < 1.29 is 94.5 Å². The third kappa shape index (κ3) is 72700. The van der Waals surface area contributed by atoms with Gasteiger partial charge in [-0.25, -0.2) is 0 Å². The molecule has 0 aromatic rings. The molecule has 0 radical (unpaired) electrons. The summed E-state index contributed by atoms with van der Waals surface area (Å²) in [5.74, 6) is 0. The van der Waals surface area contributed by atoms with Crippen LogP contribution in [0.2, 0.25) is 0 Å². The van der Waals surface area contributed by atoms with Crippen LogP contribution >= 0.6 is 0 Å². The first-order valence-electron chi connectivity index (χ1n) is 4.35. The summed E-state index contributed by atoms with van der Waals surface area (Å²) in [5.41, 5.74) is 0. The van der Waals surface area contributed by atoms with E-state index in [1.165, 1.54) is 0 Å². The number of hydrogen-bond donors (Lipinski definition) is 15. The van der Waals surface area contributed by atoms with Crippen LogP contribution in [0.5, 0.6) is 0 Å². The Morgan fingerprint density at radius 2 is 0.200 bits per heavy atom. The van der Waals surface area contributed by atoms with E-state index in [4.69, 9.17) is 94.5 Å². The van der Waals surface area contributed by atoms with E-state index in [9.17, 15) is 0 Å². The van der Waals surface area contributed by atoms with Crippen LogP contribution in [0.3, 0.4) is 0 Å². The molecule has 0 rings (SSSR count). The highest BCUT2D eigenvalue weighted by atomic mass is 28.4. The van der Waals surface area contributed by atoms with E-state index in [-0.39, 0.29) is 92.3 Å². The smallest absolute Gasteiger partial charge is 0.278 e. The van der Waals surface area contributed by atoms with Crippen LogP contribution in [-0.2, 0) is 0 Å². The van der Waals surface area contributed by atoms with Crippen molar-refractivity contribution in [2.45, 2.75) is 0 Å². The monoisotopic (exact) mass is 657 g/mol. The topological polar surface area (TPSA) is 986 Å². The van der Waals surface area contributed by atoms with Gasteiger partial charge in [-0.1, -0.05) is 0 Å². The molecule has 0 atom stereocenters. The van der Waals surface area contributed by atoms with Gasteiger partial charge in [0.15, 0.2) is 0 Å². The van der Waals surface area contributed by atoms with Crippen molar-refractivity contribution >= 4 is 45.7 Å². The molecule has 0 amide bonds. The molecule has 272 valence electrons. The zero-order chi connectivity index (χ0) is 22.4. The van der Waals surface area contributed by atoms with Crippen LogP contribution in [0.15, 0.2) is 0 Å². The van der Waals surface area contributed by atoms with E-state index < -0.39 is 45.7 Å². The molecule has 0 aliphatic heterocycles. The number of rotatable bonds is 0. The maximum atomic E-state index is 8.58. The van der Waals surface area contributed by atoms with Crippen LogP contribution in [0.25, 0.3) is 0 Å². The molecule has 0 spiro atoms. The van der Waals surface area contributed by atoms with Gasteiger partial charge in [-0.15, -0.1) is 0 Å². The molecule has 0 fully saturated rings. The normalized spacial score (nSPS) is 4.88. The molecule has 0 unspecified atom stereocenters. The van der Waals surface area contributed by atoms with Gasteiger partial charge in [-0.3, -0.25) is 36.6 Å². The molecule has 60 N–H and O–H groups in total. The van der Waals surface area contributed by atoms with Crippen molar-refractivity contribution in [3.8, 4) is 0 Å². The molecule has 40 heavy (non-hydrogen) atoms. The van der Waals surface area contributed by atoms with Crippen molar-refractivity contribution in [2.24, 2.45) is 0 Å². The minimum absolute atomic E-state index is 0. The van der Waals surface area contributed by atoms with Gasteiger partial charge in [0.05, 0.1) is 0 Å². The highest BCUT2D eigenvalue weighted by Gasteiger charge is 1.36. The van der Waals surface area contributed by atoms with Gasteiger partial charge in [-0.2, -0.15) is 0 Å². The fourth-order valence-corrected chi connectivity index (χ4v) is 0. The van der Waals surface area contributed by atoms with Crippen molar-refractivity contribution in [3.63, 3.8) is 0 Å². The summed E-state index contributed by atoms with van der Waals surface area (Å²) in [5, 5.41) is 126. The van der Waals surface area contributed by atoms with Gasteiger partial charge in [0.2, 0.25) is 0 Å². The van der Waals surface area contributed by atoms with Crippen LogP contribution in [0, 0.1) is 0 Å². The van der Waals surface area contributed by atoms with Crippen molar-refractivity contribution in [1.82, 2.24) is 92.3 Å². The van der Waals surface area contributed by atoms with E-state index >= 15 is 0 Å². The lowest BCUT2D eigenvalue weighted by atomic mass is 10.3. The van der Waals surface area contributed by atoms with E-state index in [0.717, 1.165) is 0 Å². The standard InChI is InChI=1S/5BO3.15H3N.O4Si/c5*2-1(3)4;;;;;;;;;;;;;;;;1-5(2,3)4/h;;;;;15*1H3;/q5*-3;;;;;;;;;;;;;;;;-4/p+15. The average Bonchev–Trinajstić information content (AvgIpc) is 2.06. The molecule has 0 aliphatic carbocycles.